The Kier molecular flexibility index (Phi) is 6.23. The number of hydrogen-bond donors (Lipinski definition) is 0. The summed E-state index contributed by atoms with van der Waals surface area (Å²) in [6, 6.07) is 23.4. The van der Waals surface area contributed by atoms with Gasteiger partial charge in [0.1, 0.15) is 0 Å². The molecule has 0 aliphatic heterocycles. The summed E-state index contributed by atoms with van der Waals surface area (Å²) in [5.41, 5.74) is 8.65. The van der Waals surface area contributed by atoms with Gasteiger partial charge in [0.15, 0.2) is 0 Å². The van der Waals surface area contributed by atoms with E-state index in [1.165, 1.54) is 54.9 Å². The van der Waals surface area contributed by atoms with Gasteiger partial charge in [0, 0.05) is 0 Å². The monoisotopic (exact) mass is 478 g/mol. The second-order valence-corrected chi connectivity index (χ2v) is 14.9. The average molecular weight is 479 g/mol. The smallest absolute Gasteiger partial charge is 0.0123 e. The van der Waals surface area contributed by atoms with E-state index in [2.05, 4.69) is 144 Å². The first-order chi connectivity index (χ1) is 16.4. The van der Waals surface area contributed by atoms with Crippen LogP contribution in [0.2, 0.25) is 0 Å². The molecule has 4 aromatic carbocycles. The molecule has 4 aromatic rings. The van der Waals surface area contributed by atoms with Crippen molar-refractivity contribution in [3.63, 3.8) is 0 Å². The van der Waals surface area contributed by atoms with Gasteiger partial charge < -0.3 is 0 Å². The van der Waals surface area contributed by atoms with E-state index in [0.29, 0.717) is 0 Å². The Labute approximate surface area is 220 Å². The molecular formula is C36H46. The van der Waals surface area contributed by atoms with E-state index >= 15 is 0 Å². The highest BCUT2D eigenvalue weighted by atomic mass is 14.4. The quantitative estimate of drug-likeness (QED) is 0.239. The van der Waals surface area contributed by atoms with E-state index in [1.54, 1.807) is 0 Å². The fourth-order valence-corrected chi connectivity index (χ4v) is 5.53. The van der Waals surface area contributed by atoms with Crippen molar-refractivity contribution in [1.29, 1.82) is 0 Å². The molecule has 0 spiro atoms. The molecule has 0 radical (unpaired) electrons. The van der Waals surface area contributed by atoms with Gasteiger partial charge in [-0.05, 0) is 94.8 Å². The van der Waals surface area contributed by atoms with Gasteiger partial charge in [0.05, 0.1) is 0 Å². The molecule has 0 aliphatic carbocycles. The molecule has 0 bridgehead atoms. The maximum atomic E-state index is 2.48. The summed E-state index contributed by atoms with van der Waals surface area (Å²) in [4.78, 5) is 0. The van der Waals surface area contributed by atoms with Crippen molar-refractivity contribution >= 4 is 21.5 Å². The van der Waals surface area contributed by atoms with Crippen molar-refractivity contribution in [2.75, 3.05) is 0 Å². The molecule has 0 fully saturated rings. The highest BCUT2D eigenvalue weighted by Gasteiger charge is 2.31. The largest absolute Gasteiger partial charge is 0.0616 e. The number of benzene rings is 4. The van der Waals surface area contributed by atoms with Crippen molar-refractivity contribution in [3.8, 4) is 11.1 Å². The summed E-state index contributed by atoms with van der Waals surface area (Å²) in [5.74, 6) is 0. The van der Waals surface area contributed by atoms with Crippen LogP contribution >= 0.6 is 0 Å². The Hall–Kier alpha value is -2.60. The molecule has 0 unspecified atom stereocenters. The zero-order valence-electron chi connectivity index (χ0n) is 24.8. The van der Waals surface area contributed by atoms with Gasteiger partial charge in [0.2, 0.25) is 0 Å². The van der Waals surface area contributed by atoms with Gasteiger partial charge in [-0.1, -0.05) is 126 Å². The van der Waals surface area contributed by atoms with Crippen LogP contribution in [-0.4, -0.2) is 0 Å². The third-order valence-corrected chi connectivity index (χ3v) is 7.48. The minimum Gasteiger partial charge on any atom is -0.0616 e. The predicted octanol–water partition coefficient (Wildman–Crippen LogP) is 10.8. The summed E-state index contributed by atoms with van der Waals surface area (Å²) < 4.78 is 0. The fraction of sp³-hybridized carbons (Fsp3) is 0.444. The van der Waals surface area contributed by atoms with Crippen molar-refractivity contribution in [2.24, 2.45) is 0 Å². The first-order valence-electron chi connectivity index (χ1n) is 13.5. The minimum absolute atomic E-state index is 0.00256. The zero-order valence-corrected chi connectivity index (χ0v) is 24.8. The first kappa shape index (κ1) is 26.5. The summed E-state index contributed by atoms with van der Waals surface area (Å²) in [7, 11) is 0. The van der Waals surface area contributed by atoms with Gasteiger partial charge in [0.25, 0.3) is 0 Å². The van der Waals surface area contributed by atoms with Gasteiger partial charge in [-0.3, -0.25) is 0 Å². The molecular weight excluding hydrogens is 432 g/mol. The van der Waals surface area contributed by atoms with Crippen LogP contribution in [0.3, 0.4) is 0 Å². The molecule has 4 rings (SSSR count). The molecule has 0 N–H and O–H groups in total. The van der Waals surface area contributed by atoms with E-state index in [0.717, 1.165) is 0 Å². The normalized spacial score (nSPS) is 13.6. The van der Waals surface area contributed by atoms with Gasteiger partial charge >= 0.3 is 0 Å². The third kappa shape index (κ3) is 4.97. The second kappa shape index (κ2) is 8.47. The molecule has 36 heavy (non-hydrogen) atoms. The lowest BCUT2D eigenvalue weighted by Gasteiger charge is -2.35. The summed E-state index contributed by atoms with van der Waals surface area (Å²) in [6.07, 6.45) is 0. The molecule has 0 amide bonds. The molecule has 0 saturated carbocycles. The van der Waals surface area contributed by atoms with Crippen LogP contribution in [0.5, 0.6) is 0 Å². The Morgan fingerprint density at radius 1 is 0.417 bits per heavy atom. The Morgan fingerprint density at radius 2 is 0.889 bits per heavy atom. The SMILES string of the molecule is CC(C)(C)c1cc(-c2cc3cc4ccccc4cc3c(C(C)(C)C)c2C(C)(C)C)cc(C(C)(C)C)c1. The second-order valence-electron chi connectivity index (χ2n) is 14.9. The van der Waals surface area contributed by atoms with E-state index in [9.17, 15) is 0 Å². The van der Waals surface area contributed by atoms with E-state index < -0.39 is 0 Å². The van der Waals surface area contributed by atoms with Crippen LogP contribution in [0.1, 0.15) is 105 Å². The maximum Gasteiger partial charge on any atom is -0.0123 e. The van der Waals surface area contributed by atoms with Crippen LogP contribution in [0, 0.1) is 0 Å². The van der Waals surface area contributed by atoms with Crippen molar-refractivity contribution in [1.82, 2.24) is 0 Å². The standard InChI is InChI=1S/C36H46/c1-33(2,3)27-18-26(19-28(22-27)34(4,5)6)30-21-25-17-23-15-13-14-16-24(23)20-29(25)31(35(7,8)9)32(30)36(10,11)12/h13-22H,1-12H3. The zero-order chi connectivity index (χ0) is 26.8. The molecule has 0 heterocycles. The lowest BCUT2D eigenvalue weighted by Crippen LogP contribution is -2.24. The Bertz CT molecular complexity index is 1400. The van der Waals surface area contributed by atoms with Crippen LogP contribution in [0.25, 0.3) is 32.7 Å². The molecule has 0 heteroatoms. The lowest BCUT2D eigenvalue weighted by atomic mass is 9.69. The average Bonchev–Trinajstić information content (AvgIpc) is 2.73. The molecule has 0 saturated heterocycles. The van der Waals surface area contributed by atoms with Gasteiger partial charge in [-0.15, -0.1) is 0 Å². The number of hydrogen-bond acceptors (Lipinski definition) is 0. The van der Waals surface area contributed by atoms with Crippen LogP contribution < -0.4 is 0 Å². The first-order valence-corrected chi connectivity index (χ1v) is 13.5. The molecule has 0 aromatic heterocycles. The molecule has 0 atom stereocenters. The molecule has 0 aliphatic rings. The number of fused-ring (bicyclic) bond motifs is 2. The van der Waals surface area contributed by atoms with Crippen LogP contribution in [0.4, 0.5) is 0 Å². The highest BCUT2D eigenvalue weighted by molar-refractivity contribution is 6.03. The van der Waals surface area contributed by atoms with Crippen LogP contribution in [0.15, 0.2) is 60.7 Å². The third-order valence-electron chi connectivity index (χ3n) is 7.48. The van der Waals surface area contributed by atoms with Gasteiger partial charge in [-0.2, -0.15) is 0 Å². The molecule has 0 nitrogen and oxygen atoms in total. The fourth-order valence-electron chi connectivity index (χ4n) is 5.53. The van der Waals surface area contributed by atoms with E-state index in [1.807, 2.05) is 0 Å². The van der Waals surface area contributed by atoms with Crippen molar-refractivity contribution in [2.45, 2.75) is 105 Å². The van der Waals surface area contributed by atoms with E-state index in [4.69, 9.17) is 0 Å². The highest BCUT2D eigenvalue weighted by Crippen LogP contribution is 2.46. The summed E-state index contributed by atoms with van der Waals surface area (Å²) >= 11 is 0. The lowest BCUT2D eigenvalue weighted by molar-refractivity contribution is 0.536. The Morgan fingerprint density at radius 3 is 1.33 bits per heavy atom. The topological polar surface area (TPSA) is 0 Å². The van der Waals surface area contributed by atoms with Crippen LogP contribution in [-0.2, 0) is 21.7 Å². The van der Waals surface area contributed by atoms with E-state index in [-0.39, 0.29) is 21.7 Å². The Balaban J connectivity index is 2.23. The van der Waals surface area contributed by atoms with Crippen molar-refractivity contribution < 1.29 is 0 Å². The van der Waals surface area contributed by atoms with Gasteiger partial charge in [-0.25, -0.2) is 0 Å². The minimum atomic E-state index is -0.00256. The summed E-state index contributed by atoms with van der Waals surface area (Å²) in [5, 5.41) is 5.34. The van der Waals surface area contributed by atoms with Crippen molar-refractivity contribution in [3.05, 3.63) is 82.9 Å². The molecule has 190 valence electrons. The predicted molar refractivity (Wildman–Crippen MR) is 162 cm³/mol. The summed E-state index contributed by atoms with van der Waals surface area (Å²) in [6.45, 7) is 28.3. The number of rotatable bonds is 1. The maximum absolute atomic E-state index is 2.48.